The second-order valence-corrected chi connectivity index (χ2v) is 5.07. The van der Waals surface area contributed by atoms with E-state index in [4.69, 9.17) is 0 Å². The molecule has 0 fully saturated rings. The molecule has 1 aliphatic heterocycles. The lowest BCUT2D eigenvalue weighted by molar-refractivity contribution is 0.458. The minimum atomic E-state index is 0.0757. The number of rotatable bonds is 2. The number of pyridine rings is 1. The highest BCUT2D eigenvalue weighted by atomic mass is 15.3. The monoisotopic (exact) mass is 277 g/mol. The van der Waals surface area contributed by atoms with Crippen LogP contribution in [0, 0.1) is 0 Å². The van der Waals surface area contributed by atoms with Gasteiger partial charge >= 0.3 is 0 Å². The normalized spacial score (nSPS) is 17.4. The summed E-state index contributed by atoms with van der Waals surface area (Å²) < 4.78 is 2.21. The third-order valence-electron chi connectivity index (χ3n) is 3.79. The highest BCUT2D eigenvalue weighted by molar-refractivity contribution is 5.55. The van der Waals surface area contributed by atoms with Gasteiger partial charge in [0.2, 0.25) is 0 Å². The quantitative estimate of drug-likeness (QED) is 0.778. The van der Waals surface area contributed by atoms with Gasteiger partial charge in [0.1, 0.15) is 0 Å². The first-order valence-corrected chi connectivity index (χ1v) is 7.05. The Labute approximate surface area is 122 Å². The van der Waals surface area contributed by atoms with Crippen LogP contribution in [0.3, 0.4) is 0 Å². The largest absolute Gasteiger partial charge is 0.308 e. The third kappa shape index (κ3) is 2.11. The van der Waals surface area contributed by atoms with Gasteiger partial charge in [0.25, 0.3) is 0 Å². The molecule has 1 atom stereocenters. The summed E-state index contributed by atoms with van der Waals surface area (Å²) in [5.74, 6) is 1.90. The van der Waals surface area contributed by atoms with Crippen LogP contribution in [0.15, 0.2) is 54.9 Å². The van der Waals surface area contributed by atoms with Gasteiger partial charge in [-0.3, -0.25) is 4.98 Å². The second kappa shape index (κ2) is 5.10. The van der Waals surface area contributed by atoms with Gasteiger partial charge in [-0.15, -0.1) is 10.2 Å². The van der Waals surface area contributed by atoms with Crippen LogP contribution < -0.4 is 5.32 Å². The van der Waals surface area contributed by atoms with Crippen LogP contribution in [0.1, 0.15) is 17.4 Å². The summed E-state index contributed by atoms with van der Waals surface area (Å²) in [5.41, 5.74) is 2.27. The number of fused-ring (bicyclic) bond motifs is 1. The molecule has 0 amide bonds. The van der Waals surface area contributed by atoms with Crippen LogP contribution in [0.25, 0.3) is 11.4 Å². The van der Waals surface area contributed by atoms with Crippen molar-refractivity contribution < 1.29 is 0 Å². The summed E-state index contributed by atoms with van der Waals surface area (Å²) in [6.07, 6.45) is 3.62. The summed E-state index contributed by atoms with van der Waals surface area (Å²) in [6.45, 7) is 1.78. The van der Waals surface area contributed by atoms with E-state index >= 15 is 0 Å². The molecular weight excluding hydrogens is 262 g/mol. The second-order valence-electron chi connectivity index (χ2n) is 5.07. The standard InChI is InChI=1S/C16H15N5/c1-2-4-13(5-3-1)15-19-20-16-14(18-10-11-21(15)16)12-6-8-17-9-7-12/h1-9,14,18H,10-11H2. The van der Waals surface area contributed by atoms with Crippen molar-refractivity contribution in [2.45, 2.75) is 12.6 Å². The van der Waals surface area contributed by atoms with Crippen molar-refractivity contribution in [3.05, 3.63) is 66.2 Å². The lowest BCUT2D eigenvalue weighted by Gasteiger charge is -2.25. The topological polar surface area (TPSA) is 55.6 Å². The van der Waals surface area contributed by atoms with Crippen molar-refractivity contribution in [2.24, 2.45) is 0 Å². The number of nitrogens with zero attached hydrogens (tertiary/aromatic N) is 4. The van der Waals surface area contributed by atoms with Gasteiger partial charge in [-0.1, -0.05) is 30.3 Å². The van der Waals surface area contributed by atoms with Crippen molar-refractivity contribution in [3.63, 3.8) is 0 Å². The first-order valence-electron chi connectivity index (χ1n) is 7.05. The van der Waals surface area contributed by atoms with Gasteiger partial charge in [0.15, 0.2) is 11.6 Å². The summed E-state index contributed by atoms with van der Waals surface area (Å²) in [4.78, 5) is 4.08. The van der Waals surface area contributed by atoms with E-state index in [-0.39, 0.29) is 6.04 Å². The molecule has 1 N–H and O–H groups in total. The Morgan fingerprint density at radius 1 is 1.00 bits per heavy atom. The van der Waals surface area contributed by atoms with E-state index in [2.05, 4.69) is 37.2 Å². The van der Waals surface area contributed by atoms with E-state index in [0.717, 1.165) is 35.9 Å². The molecule has 1 aliphatic rings. The minimum Gasteiger partial charge on any atom is -0.308 e. The Morgan fingerprint density at radius 3 is 2.62 bits per heavy atom. The van der Waals surface area contributed by atoms with Crippen LogP contribution in [-0.2, 0) is 6.54 Å². The van der Waals surface area contributed by atoms with Gasteiger partial charge in [0, 0.05) is 31.0 Å². The Bertz CT molecular complexity index is 736. The van der Waals surface area contributed by atoms with Crippen LogP contribution in [0.2, 0.25) is 0 Å². The zero-order valence-corrected chi connectivity index (χ0v) is 11.5. The number of benzene rings is 1. The van der Waals surface area contributed by atoms with Crippen molar-refractivity contribution in [3.8, 4) is 11.4 Å². The highest BCUT2D eigenvalue weighted by Gasteiger charge is 2.26. The molecule has 5 heteroatoms. The molecule has 0 aliphatic carbocycles. The van der Waals surface area contributed by atoms with E-state index < -0.39 is 0 Å². The maximum atomic E-state index is 4.42. The van der Waals surface area contributed by atoms with Gasteiger partial charge in [-0.2, -0.15) is 0 Å². The fourth-order valence-electron chi connectivity index (χ4n) is 2.78. The molecule has 0 saturated heterocycles. The minimum absolute atomic E-state index is 0.0757. The molecule has 0 radical (unpaired) electrons. The number of hydrogen-bond acceptors (Lipinski definition) is 4. The summed E-state index contributed by atoms with van der Waals surface area (Å²) in [6, 6.07) is 14.3. The lowest BCUT2D eigenvalue weighted by atomic mass is 10.1. The van der Waals surface area contributed by atoms with Gasteiger partial charge < -0.3 is 9.88 Å². The van der Waals surface area contributed by atoms with Gasteiger partial charge in [-0.05, 0) is 17.7 Å². The van der Waals surface area contributed by atoms with Crippen LogP contribution in [-0.4, -0.2) is 26.3 Å². The fourth-order valence-corrected chi connectivity index (χ4v) is 2.78. The SMILES string of the molecule is c1ccc(-c2nnc3n2CCNC3c2ccncc2)cc1. The van der Waals surface area contributed by atoms with Crippen LogP contribution in [0.5, 0.6) is 0 Å². The smallest absolute Gasteiger partial charge is 0.164 e. The predicted octanol–water partition coefficient (Wildman–Crippen LogP) is 2.03. The molecule has 3 aromatic rings. The predicted molar refractivity (Wildman–Crippen MR) is 79.5 cm³/mol. The highest BCUT2D eigenvalue weighted by Crippen LogP contribution is 2.27. The molecule has 4 rings (SSSR count). The van der Waals surface area contributed by atoms with E-state index in [9.17, 15) is 0 Å². The van der Waals surface area contributed by atoms with E-state index in [1.807, 2.05) is 42.7 Å². The maximum Gasteiger partial charge on any atom is 0.164 e. The van der Waals surface area contributed by atoms with E-state index in [0.29, 0.717) is 0 Å². The summed E-state index contributed by atoms with van der Waals surface area (Å²) in [7, 11) is 0. The van der Waals surface area contributed by atoms with Crippen molar-refractivity contribution in [2.75, 3.05) is 6.54 Å². The molecule has 0 bridgehead atoms. The molecular formula is C16H15N5. The molecule has 2 aromatic heterocycles. The molecule has 0 saturated carbocycles. The van der Waals surface area contributed by atoms with Crippen molar-refractivity contribution in [1.29, 1.82) is 0 Å². The van der Waals surface area contributed by atoms with Crippen molar-refractivity contribution >= 4 is 0 Å². The fraction of sp³-hybridized carbons (Fsp3) is 0.188. The Kier molecular flexibility index (Phi) is 2.97. The lowest BCUT2D eigenvalue weighted by Crippen LogP contribution is -2.34. The molecule has 5 nitrogen and oxygen atoms in total. The average Bonchev–Trinajstić information content (AvgIpc) is 3.00. The first kappa shape index (κ1) is 12.2. The van der Waals surface area contributed by atoms with Gasteiger partial charge in [0.05, 0.1) is 6.04 Å². The van der Waals surface area contributed by atoms with E-state index in [1.54, 1.807) is 0 Å². The zero-order valence-electron chi connectivity index (χ0n) is 11.5. The number of nitrogens with one attached hydrogen (secondary N) is 1. The number of aromatic nitrogens is 4. The number of hydrogen-bond donors (Lipinski definition) is 1. The van der Waals surface area contributed by atoms with E-state index in [1.165, 1.54) is 0 Å². The molecule has 3 heterocycles. The molecule has 0 spiro atoms. The first-order chi connectivity index (χ1) is 10.4. The average molecular weight is 277 g/mol. The molecule has 1 aromatic carbocycles. The maximum absolute atomic E-state index is 4.42. The van der Waals surface area contributed by atoms with Crippen LogP contribution >= 0.6 is 0 Å². The molecule has 1 unspecified atom stereocenters. The van der Waals surface area contributed by atoms with Crippen molar-refractivity contribution in [1.82, 2.24) is 25.1 Å². The van der Waals surface area contributed by atoms with Gasteiger partial charge in [-0.25, -0.2) is 0 Å². The van der Waals surface area contributed by atoms with Crippen LogP contribution in [0.4, 0.5) is 0 Å². The third-order valence-corrected chi connectivity index (χ3v) is 3.79. The molecule has 104 valence electrons. The summed E-state index contributed by atoms with van der Waals surface area (Å²) >= 11 is 0. The Morgan fingerprint density at radius 2 is 1.81 bits per heavy atom. The summed E-state index contributed by atoms with van der Waals surface area (Å²) in [5, 5.41) is 12.3. The Hall–Kier alpha value is -2.53. The Balaban J connectivity index is 1.79. The zero-order chi connectivity index (χ0) is 14.1. The molecule has 21 heavy (non-hydrogen) atoms.